The van der Waals surface area contributed by atoms with Gasteiger partial charge < -0.3 is 4.42 Å². The Morgan fingerprint density at radius 3 is 1.51 bits per heavy atom. The van der Waals surface area contributed by atoms with Crippen LogP contribution in [0, 0.1) is 0 Å². The van der Waals surface area contributed by atoms with Gasteiger partial charge in [0.05, 0.1) is 35.6 Å². The molecule has 0 saturated heterocycles. The lowest BCUT2D eigenvalue weighted by Gasteiger charge is -2.18. The first-order chi connectivity index (χ1) is 32.2. The number of fused-ring (bicyclic) bond motifs is 7. The van der Waals surface area contributed by atoms with Gasteiger partial charge in [0, 0.05) is 16.2 Å². The van der Waals surface area contributed by atoms with Crippen LogP contribution in [-0.2, 0) is 0 Å². The lowest BCUT2D eigenvalue weighted by atomic mass is 9.86. The van der Waals surface area contributed by atoms with Gasteiger partial charge in [-0.3, -0.25) is 0 Å². The molecule has 1 nitrogen and oxygen atoms in total. The molecular formula is C42H26O. The number of hydrogen-bond acceptors (Lipinski definition) is 1. The van der Waals surface area contributed by atoms with Crippen molar-refractivity contribution in [3.63, 3.8) is 0 Å². The first kappa shape index (κ1) is 9.69. The molecule has 1 heterocycles. The monoisotopic (exact) mass is 572 g/mol. The van der Waals surface area contributed by atoms with Crippen LogP contribution in [0.2, 0.25) is 0 Å². The van der Waals surface area contributed by atoms with Gasteiger partial charge in [0.1, 0.15) is 11.2 Å². The topological polar surface area (TPSA) is 13.1 Å². The highest BCUT2D eigenvalue weighted by atomic mass is 16.3. The first-order valence-corrected chi connectivity index (χ1v) is 12.7. The maximum atomic E-state index is 9.49. The lowest BCUT2D eigenvalue weighted by Crippen LogP contribution is -1.90. The molecule has 0 aliphatic heterocycles. The maximum Gasteiger partial charge on any atom is 0.143 e. The smallest absolute Gasteiger partial charge is 0.143 e. The van der Waals surface area contributed by atoms with Crippen LogP contribution in [0.25, 0.3) is 87.6 Å². The van der Waals surface area contributed by atoms with Crippen LogP contribution in [0.4, 0.5) is 0 Å². The zero-order valence-corrected chi connectivity index (χ0v) is 21.4. The van der Waals surface area contributed by atoms with Crippen molar-refractivity contribution in [2.24, 2.45) is 0 Å². The molecular weight excluding hydrogens is 520 g/mol. The quantitative estimate of drug-likeness (QED) is 0.192. The SMILES string of the molecule is [2H]c1c([2H])c([2H])c(-c2c3c([2H])c([2H])c([2H])c([2H])c3c(-c3c([2H])c([2H])c(-c4c([2H])c([2H])c5oc6c7c([2H])c([2H])c([2H])c([2H])c7c([2H])c([2H])c6c5c4[2H])c([2H])c3[2H])c3c([2H])c([2H])c([2H])c([2H])c23)c([2H])c1[2H]. The summed E-state index contributed by atoms with van der Waals surface area (Å²) in [4.78, 5) is 0. The molecule has 0 bridgehead atoms. The Labute approximate surface area is 285 Å². The minimum absolute atomic E-state index is 0.373. The molecule has 0 aliphatic rings. The standard InChI is InChI=1S/C42H26O/c1-2-11-29(12-3-1)40-33-14-6-8-16-35(33)41(36-17-9-7-15-34(36)40)30-20-18-27(19-21-30)31-23-25-39-38(26-31)37-24-22-28-10-4-5-13-32(28)42(37)43-39/h1-26H/i1D,2D,3D,4D,5D,6D,7D,8D,9D,10D,11D,12D,13D,14D,15D,16D,17D,18D,19D,20D,21D,22D,23D,24D,25D,26D. The lowest BCUT2D eigenvalue weighted by molar-refractivity contribution is 0.672. The summed E-state index contributed by atoms with van der Waals surface area (Å²) in [5.41, 5.74) is -5.47. The minimum Gasteiger partial charge on any atom is -0.455 e. The molecule has 0 amide bonds. The van der Waals surface area contributed by atoms with E-state index in [0.29, 0.717) is 0 Å². The highest BCUT2D eigenvalue weighted by Crippen LogP contribution is 2.44. The van der Waals surface area contributed by atoms with Gasteiger partial charge in [-0.05, 0) is 78.4 Å². The highest BCUT2D eigenvalue weighted by Gasteiger charge is 2.17. The van der Waals surface area contributed by atoms with Crippen molar-refractivity contribution < 1.29 is 40.1 Å². The van der Waals surface area contributed by atoms with Gasteiger partial charge in [0.15, 0.2) is 0 Å². The molecule has 9 aromatic rings. The predicted molar refractivity (Wildman–Crippen MR) is 183 cm³/mol. The van der Waals surface area contributed by atoms with Gasteiger partial charge in [-0.15, -0.1) is 0 Å². The van der Waals surface area contributed by atoms with Crippen molar-refractivity contribution in [2.45, 2.75) is 0 Å². The predicted octanol–water partition coefficient (Wildman–Crippen LogP) is 12.0. The van der Waals surface area contributed by atoms with E-state index in [1.54, 1.807) is 0 Å². The minimum atomic E-state index is -1.07. The second-order valence-corrected chi connectivity index (χ2v) is 9.26. The molecule has 0 saturated carbocycles. The molecule has 0 spiro atoms. The largest absolute Gasteiger partial charge is 0.455 e. The van der Waals surface area contributed by atoms with E-state index < -0.39 is 239 Å². The van der Waals surface area contributed by atoms with Crippen LogP contribution in [0.3, 0.4) is 0 Å². The van der Waals surface area contributed by atoms with Gasteiger partial charge in [-0.25, -0.2) is 0 Å². The van der Waals surface area contributed by atoms with E-state index in [0.717, 1.165) is 0 Å². The van der Waals surface area contributed by atoms with E-state index in [1.807, 2.05) is 0 Å². The molecule has 0 fully saturated rings. The summed E-state index contributed by atoms with van der Waals surface area (Å²) in [5, 5.41) is -4.39. The Morgan fingerprint density at radius 1 is 0.349 bits per heavy atom. The van der Waals surface area contributed by atoms with E-state index in [4.69, 9.17) is 30.5 Å². The summed E-state index contributed by atoms with van der Waals surface area (Å²) in [5.74, 6) is 0. The summed E-state index contributed by atoms with van der Waals surface area (Å²) < 4.78 is 237. The fraction of sp³-hybridized carbons (Fsp3) is 0. The van der Waals surface area contributed by atoms with Crippen LogP contribution >= 0.6 is 0 Å². The van der Waals surface area contributed by atoms with Crippen LogP contribution in [-0.4, -0.2) is 0 Å². The Hall–Kier alpha value is -5.66. The van der Waals surface area contributed by atoms with E-state index in [9.17, 15) is 9.60 Å². The van der Waals surface area contributed by atoms with Gasteiger partial charge in [-0.1, -0.05) is 139 Å². The summed E-state index contributed by atoms with van der Waals surface area (Å²) in [6.07, 6.45) is 0. The fourth-order valence-electron chi connectivity index (χ4n) is 5.10. The highest BCUT2D eigenvalue weighted by molar-refractivity contribution is 6.21. The average Bonchev–Trinajstić information content (AvgIpc) is 3.73. The summed E-state index contributed by atoms with van der Waals surface area (Å²) in [7, 11) is 0. The van der Waals surface area contributed by atoms with Gasteiger partial charge in [0.2, 0.25) is 0 Å². The molecule has 43 heavy (non-hydrogen) atoms. The second-order valence-electron chi connectivity index (χ2n) is 9.26. The first-order valence-electron chi connectivity index (χ1n) is 25.7. The second kappa shape index (κ2) is 9.44. The Balaban J connectivity index is 1.49. The summed E-state index contributed by atoms with van der Waals surface area (Å²) in [6.45, 7) is 0. The van der Waals surface area contributed by atoms with Crippen LogP contribution in [0.1, 0.15) is 35.6 Å². The fourth-order valence-corrected chi connectivity index (χ4v) is 5.10. The molecule has 0 atom stereocenters. The number of benzene rings is 8. The van der Waals surface area contributed by atoms with E-state index in [2.05, 4.69) is 0 Å². The third-order valence-corrected chi connectivity index (χ3v) is 6.94. The zero-order chi connectivity index (χ0) is 51.0. The van der Waals surface area contributed by atoms with Gasteiger partial charge in [0.25, 0.3) is 0 Å². The maximum absolute atomic E-state index is 9.49. The van der Waals surface area contributed by atoms with Crippen LogP contribution in [0.5, 0.6) is 0 Å². The Morgan fingerprint density at radius 2 is 0.860 bits per heavy atom. The molecule has 1 aromatic heterocycles. The average molecular weight is 573 g/mol. The van der Waals surface area contributed by atoms with Crippen LogP contribution < -0.4 is 0 Å². The van der Waals surface area contributed by atoms with E-state index >= 15 is 0 Å². The molecule has 0 unspecified atom stereocenters. The zero-order valence-electron chi connectivity index (χ0n) is 47.4. The van der Waals surface area contributed by atoms with E-state index in [1.165, 1.54) is 0 Å². The number of rotatable bonds is 3. The van der Waals surface area contributed by atoms with Crippen molar-refractivity contribution >= 4 is 54.3 Å². The summed E-state index contributed by atoms with van der Waals surface area (Å²) >= 11 is 0. The molecule has 8 aromatic carbocycles. The number of furan rings is 1. The number of hydrogen-bond donors (Lipinski definition) is 0. The van der Waals surface area contributed by atoms with Crippen molar-refractivity contribution in [1.29, 1.82) is 0 Å². The van der Waals surface area contributed by atoms with Crippen LogP contribution in [0.15, 0.2) is 162 Å². The summed E-state index contributed by atoms with van der Waals surface area (Å²) in [6, 6.07) is -23.2. The molecule has 0 aliphatic carbocycles. The molecule has 0 radical (unpaired) electrons. The van der Waals surface area contributed by atoms with Gasteiger partial charge >= 0.3 is 0 Å². The Kier molecular flexibility index (Phi) is 2.13. The third-order valence-electron chi connectivity index (χ3n) is 6.94. The van der Waals surface area contributed by atoms with Crippen molar-refractivity contribution in [3.05, 3.63) is 157 Å². The Bertz CT molecular complexity index is 3830. The van der Waals surface area contributed by atoms with Crippen molar-refractivity contribution in [2.75, 3.05) is 0 Å². The van der Waals surface area contributed by atoms with E-state index in [-0.39, 0.29) is 5.39 Å². The molecule has 9 rings (SSSR count). The van der Waals surface area contributed by atoms with Gasteiger partial charge in [-0.2, -0.15) is 0 Å². The molecule has 1 heteroatoms. The molecule has 0 N–H and O–H groups in total. The van der Waals surface area contributed by atoms with Crippen molar-refractivity contribution in [1.82, 2.24) is 0 Å². The third kappa shape index (κ3) is 3.72. The molecule has 200 valence electrons. The van der Waals surface area contributed by atoms with Crippen molar-refractivity contribution in [3.8, 4) is 33.4 Å². The normalized spacial score (nSPS) is 20.2.